The van der Waals surface area contributed by atoms with Crippen molar-refractivity contribution in [2.24, 2.45) is 0 Å². The number of nitrogens with zero attached hydrogens (tertiary/aromatic N) is 1. The number of halogens is 1. The maximum absolute atomic E-state index is 5.74. The highest BCUT2D eigenvalue weighted by atomic mass is 79.9. The number of rotatable bonds is 10. The van der Waals surface area contributed by atoms with Crippen LogP contribution in [0.4, 0.5) is 0 Å². The molecule has 0 aromatic rings. The zero-order valence-corrected chi connectivity index (χ0v) is 13.0. The lowest BCUT2D eigenvalue weighted by Gasteiger charge is -2.31. The van der Waals surface area contributed by atoms with Gasteiger partial charge in [-0.2, -0.15) is 0 Å². The van der Waals surface area contributed by atoms with Gasteiger partial charge in [0.05, 0.1) is 25.9 Å². The molecule has 0 bridgehead atoms. The fraction of sp³-hybridized carbons (Fsp3) is 1.00. The predicted molar refractivity (Wildman–Crippen MR) is 76.5 cm³/mol. The Balaban J connectivity index is 1.92. The molecule has 0 unspecified atom stereocenters. The molecule has 108 valence electrons. The van der Waals surface area contributed by atoms with Crippen LogP contribution in [0.3, 0.4) is 0 Å². The summed E-state index contributed by atoms with van der Waals surface area (Å²) in [5.41, 5.74) is 0. The highest BCUT2D eigenvalue weighted by molar-refractivity contribution is 9.09. The average Bonchev–Trinajstić information content (AvgIpc) is 2.42. The maximum atomic E-state index is 5.74. The predicted octanol–water partition coefficient (Wildman–Crippen LogP) is 1.92. The van der Waals surface area contributed by atoms with Crippen LogP contribution in [0.25, 0.3) is 0 Å². The molecule has 0 aromatic heterocycles. The largest absolute Gasteiger partial charge is 0.382 e. The van der Waals surface area contributed by atoms with Crippen LogP contribution in [-0.4, -0.2) is 69.5 Å². The maximum Gasteiger partial charge on any atom is 0.0700 e. The number of methoxy groups -OCH3 is 1. The lowest BCUT2D eigenvalue weighted by molar-refractivity contribution is 0.0125. The standard InChI is InChI=1S/C13H26BrNO3/c1-16-11-12-17-9-2-6-15-7-3-13(4-8-15)18-10-5-14/h13H,2-12H2,1H3. The second-order valence-corrected chi connectivity index (χ2v) is 5.35. The van der Waals surface area contributed by atoms with Gasteiger partial charge in [-0.15, -0.1) is 0 Å². The summed E-state index contributed by atoms with van der Waals surface area (Å²) >= 11 is 3.39. The summed E-state index contributed by atoms with van der Waals surface area (Å²) in [4.78, 5) is 2.51. The first-order valence-corrected chi connectivity index (χ1v) is 7.95. The highest BCUT2D eigenvalue weighted by Gasteiger charge is 2.18. The van der Waals surface area contributed by atoms with E-state index in [1.54, 1.807) is 7.11 Å². The van der Waals surface area contributed by atoms with Gasteiger partial charge in [0.15, 0.2) is 0 Å². The van der Waals surface area contributed by atoms with Crippen molar-refractivity contribution >= 4 is 15.9 Å². The summed E-state index contributed by atoms with van der Waals surface area (Å²) < 4.78 is 16.1. The molecule has 0 amide bonds. The highest BCUT2D eigenvalue weighted by Crippen LogP contribution is 2.13. The van der Waals surface area contributed by atoms with Crippen molar-refractivity contribution in [3.05, 3.63) is 0 Å². The Kier molecular flexibility index (Phi) is 10.2. The molecule has 0 radical (unpaired) electrons. The third kappa shape index (κ3) is 7.69. The minimum atomic E-state index is 0.469. The molecule has 1 fully saturated rings. The van der Waals surface area contributed by atoms with Crippen LogP contribution in [-0.2, 0) is 14.2 Å². The third-order valence-electron chi connectivity index (χ3n) is 3.16. The van der Waals surface area contributed by atoms with Crippen LogP contribution in [0.5, 0.6) is 0 Å². The SMILES string of the molecule is COCCOCCCN1CCC(OCCBr)CC1. The summed E-state index contributed by atoms with van der Waals surface area (Å²) in [6.07, 6.45) is 3.91. The first-order chi connectivity index (χ1) is 8.86. The summed E-state index contributed by atoms with van der Waals surface area (Å²) in [7, 11) is 1.70. The van der Waals surface area contributed by atoms with E-state index < -0.39 is 0 Å². The Morgan fingerprint density at radius 2 is 1.89 bits per heavy atom. The van der Waals surface area contributed by atoms with Gasteiger partial charge in [-0.05, 0) is 19.3 Å². The monoisotopic (exact) mass is 323 g/mol. The molecule has 4 nitrogen and oxygen atoms in total. The minimum absolute atomic E-state index is 0.469. The Morgan fingerprint density at radius 3 is 2.56 bits per heavy atom. The van der Waals surface area contributed by atoms with Crippen molar-refractivity contribution in [3.63, 3.8) is 0 Å². The molecule has 5 heteroatoms. The first kappa shape index (κ1) is 16.4. The van der Waals surface area contributed by atoms with Gasteiger partial charge in [0.25, 0.3) is 0 Å². The second-order valence-electron chi connectivity index (χ2n) is 4.56. The molecule has 1 saturated heterocycles. The molecule has 1 aliphatic rings. The fourth-order valence-electron chi connectivity index (χ4n) is 2.15. The summed E-state index contributed by atoms with van der Waals surface area (Å²) in [6, 6.07) is 0. The van der Waals surface area contributed by atoms with Crippen LogP contribution >= 0.6 is 15.9 Å². The Labute approximate surface area is 119 Å². The van der Waals surface area contributed by atoms with Gasteiger partial charge in [0.1, 0.15) is 0 Å². The smallest absolute Gasteiger partial charge is 0.0700 e. The molecule has 0 N–H and O–H groups in total. The zero-order chi connectivity index (χ0) is 13.1. The van der Waals surface area contributed by atoms with E-state index >= 15 is 0 Å². The van der Waals surface area contributed by atoms with E-state index in [1.165, 1.54) is 0 Å². The molecule has 1 aliphatic heterocycles. The van der Waals surface area contributed by atoms with Gasteiger partial charge in [0.2, 0.25) is 0 Å². The van der Waals surface area contributed by atoms with Crippen LogP contribution < -0.4 is 0 Å². The average molecular weight is 324 g/mol. The van der Waals surface area contributed by atoms with Gasteiger partial charge >= 0.3 is 0 Å². The van der Waals surface area contributed by atoms with E-state index in [-0.39, 0.29) is 0 Å². The fourth-order valence-corrected chi connectivity index (χ4v) is 2.33. The molecule has 0 saturated carbocycles. The van der Waals surface area contributed by atoms with Crippen LogP contribution in [0, 0.1) is 0 Å². The van der Waals surface area contributed by atoms with Gasteiger partial charge < -0.3 is 19.1 Å². The Bertz CT molecular complexity index is 187. The number of alkyl halides is 1. The van der Waals surface area contributed by atoms with Crippen LogP contribution in [0.1, 0.15) is 19.3 Å². The van der Waals surface area contributed by atoms with Crippen LogP contribution in [0.2, 0.25) is 0 Å². The van der Waals surface area contributed by atoms with Gasteiger partial charge in [-0.25, -0.2) is 0 Å². The topological polar surface area (TPSA) is 30.9 Å². The second kappa shape index (κ2) is 11.2. The molecular formula is C13H26BrNO3. The van der Waals surface area contributed by atoms with Gasteiger partial charge in [-0.3, -0.25) is 0 Å². The Morgan fingerprint density at radius 1 is 1.11 bits per heavy atom. The molecule has 0 spiro atoms. The number of hydrogen-bond donors (Lipinski definition) is 0. The van der Waals surface area contributed by atoms with Crippen molar-refractivity contribution in [3.8, 4) is 0 Å². The first-order valence-electron chi connectivity index (χ1n) is 6.83. The molecule has 1 heterocycles. The van der Waals surface area contributed by atoms with E-state index in [1.807, 2.05) is 0 Å². The minimum Gasteiger partial charge on any atom is -0.382 e. The quantitative estimate of drug-likeness (QED) is 0.454. The molecule has 0 aromatic carbocycles. The van der Waals surface area contributed by atoms with Crippen molar-refractivity contribution < 1.29 is 14.2 Å². The van der Waals surface area contributed by atoms with Gasteiger partial charge in [-0.1, -0.05) is 15.9 Å². The van der Waals surface area contributed by atoms with E-state index in [0.29, 0.717) is 19.3 Å². The van der Waals surface area contributed by atoms with E-state index in [0.717, 1.165) is 57.4 Å². The van der Waals surface area contributed by atoms with Crippen molar-refractivity contribution in [1.29, 1.82) is 0 Å². The number of likely N-dealkylation sites (tertiary alicyclic amines) is 1. The third-order valence-corrected chi connectivity index (χ3v) is 3.48. The van der Waals surface area contributed by atoms with Crippen LogP contribution in [0.15, 0.2) is 0 Å². The zero-order valence-electron chi connectivity index (χ0n) is 11.4. The molecule has 1 rings (SSSR count). The van der Waals surface area contributed by atoms with E-state index in [2.05, 4.69) is 20.8 Å². The number of piperidine rings is 1. The van der Waals surface area contributed by atoms with Crippen molar-refractivity contribution in [2.45, 2.75) is 25.4 Å². The molecule has 0 aliphatic carbocycles. The summed E-state index contributed by atoms with van der Waals surface area (Å²) in [5, 5.41) is 0.937. The Hall–Kier alpha value is 0.320. The molecule has 18 heavy (non-hydrogen) atoms. The molecular weight excluding hydrogens is 298 g/mol. The van der Waals surface area contributed by atoms with Crippen molar-refractivity contribution in [1.82, 2.24) is 4.90 Å². The summed E-state index contributed by atoms with van der Waals surface area (Å²) in [5.74, 6) is 0. The van der Waals surface area contributed by atoms with Crippen molar-refractivity contribution in [2.75, 3.05) is 58.5 Å². The normalized spacial score (nSPS) is 18.3. The number of hydrogen-bond acceptors (Lipinski definition) is 4. The van der Waals surface area contributed by atoms with E-state index in [4.69, 9.17) is 14.2 Å². The summed E-state index contributed by atoms with van der Waals surface area (Å²) in [6.45, 7) is 6.52. The molecule has 0 atom stereocenters. The lowest BCUT2D eigenvalue weighted by atomic mass is 10.1. The van der Waals surface area contributed by atoms with E-state index in [9.17, 15) is 0 Å². The van der Waals surface area contributed by atoms with Gasteiger partial charge in [0, 0.05) is 38.7 Å². The lowest BCUT2D eigenvalue weighted by Crippen LogP contribution is -2.38. The number of ether oxygens (including phenoxy) is 3.